The molecule has 1 atom stereocenters. The summed E-state index contributed by atoms with van der Waals surface area (Å²) in [6.45, 7) is 3.88. The van der Waals surface area contributed by atoms with Crippen molar-refractivity contribution in [3.63, 3.8) is 0 Å². The number of carboxylic acids is 1. The lowest BCUT2D eigenvalue weighted by Crippen LogP contribution is -2.32. The SMILES string of the molecule is CC(C)(O)Cn1cc(-c2ccc(C[C@H](N)C(=O)O)cc2)cn1. The highest BCUT2D eigenvalue weighted by Gasteiger charge is 2.15. The molecule has 0 aliphatic heterocycles. The van der Waals surface area contributed by atoms with Crippen molar-refractivity contribution in [3.8, 4) is 11.1 Å². The lowest BCUT2D eigenvalue weighted by atomic mass is 10.0. The summed E-state index contributed by atoms with van der Waals surface area (Å²) in [6.07, 6.45) is 3.91. The van der Waals surface area contributed by atoms with Gasteiger partial charge in [-0.2, -0.15) is 5.10 Å². The first-order valence-electron chi connectivity index (χ1n) is 7.07. The Balaban J connectivity index is 2.09. The summed E-state index contributed by atoms with van der Waals surface area (Å²) in [5.41, 5.74) is 7.51. The smallest absolute Gasteiger partial charge is 0.320 e. The molecule has 0 saturated heterocycles. The number of rotatable bonds is 6. The van der Waals surface area contributed by atoms with Crippen molar-refractivity contribution in [3.05, 3.63) is 42.2 Å². The van der Waals surface area contributed by atoms with Crippen molar-refractivity contribution in [2.24, 2.45) is 5.73 Å². The van der Waals surface area contributed by atoms with Crippen LogP contribution in [-0.2, 0) is 17.8 Å². The number of carbonyl (C=O) groups is 1. The maximum Gasteiger partial charge on any atom is 0.320 e. The molecular weight excluding hydrogens is 282 g/mol. The molecule has 2 rings (SSSR count). The number of aromatic nitrogens is 2. The number of nitrogens with two attached hydrogens (primary N) is 1. The molecule has 22 heavy (non-hydrogen) atoms. The molecule has 0 bridgehead atoms. The minimum absolute atomic E-state index is 0.299. The molecule has 0 fully saturated rings. The van der Waals surface area contributed by atoms with Gasteiger partial charge in [-0.25, -0.2) is 0 Å². The van der Waals surface area contributed by atoms with Crippen LogP contribution in [0.15, 0.2) is 36.7 Å². The van der Waals surface area contributed by atoms with Crippen molar-refractivity contribution in [1.82, 2.24) is 9.78 Å². The van der Waals surface area contributed by atoms with Crippen LogP contribution in [0.5, 0.6) is 0 Å². The van der Waals surface area contributed by atoms with Gasteiger partial charge in [0.1, 0.15) is 6.04 Å². The highest BCUT2D eigenvalue weighted by atomic mass is 16.4. The molecule has 6 nitrogen and oxygen atoms in total. The molecule has 2 aromatic rings. The first-order valence-corrected chi connectivity index (χ1v) is 7.07. The predicted octanol–water partition coefficient (Wildman–Crippen LogP) is 1.28. The van der Waals surface area contributed by atoms with Gasteiger partial charge in [0, 0.05) is 11.8 Å². The summed E-state index contributed by atoms with van der Waals surface area (Å²) in [4.78, 5) is 10.8. The molecule has 4 N–H and O–H groups in total. The van der Waals surface area contributed by atoms with Crippen molar-refractivity contribution in [1.29, 1.82) is 0 Å². The minimum Gasteiger partial charge on any atom is -0.480 e. The number of nitrogens with zero attached hydrogens (tertiary/aromatic N) is 2. The molecule has 118 valence electrons. The maximum atomic E-state index is 10.8. The number of hydrogen-bond donors (Lipinski definition) is 3. The minimum atomic E-state index is -1.00. The Morgan fingerprint density at radius 1 is 1.32 bits per heavy atom. The van der Waals surface area contributed by atoms with Gasteiger partial charge in [0.05, 0.1) is 18.3 Å². The van der Waals surface area contributed by atoms with Crippen LogP contribution in [-0.4, -0.2) is 37.6 Å². The fourth-order valence-corrected chi connectivity index (χ4v) is 2.17. The van der Waals surface area contributed by atoms with E-state index in [1.807, 2.05) is 30.5 Å². The second-order valence-electron chi connectivity index (χ2n) is 6.08. The molecule has 0 saturated carbocycles. The van der Waals surface area contributed by atoms with Gasteiger partial charge in [-0.3, -0.25) is 9.48 Å². The molecule has 0 aliphatic carbocycles. The van der Waals surface area contributed by atoms with E-state index in [0.29, 0.717) is 13.0 Å². The van der Waals surface area contributed by atoms with Crippen molar-refractivity contribution < 1.29 is 15.0 Å². The van der Waals surface area contributed by atoms with E-state index in [2.05, 4.69) is 5.10 Å². The zero-order valence-electron chi connectivity index (χ0n) is 12.7. The van der Waals surface area contributed by atoms with Gasteiger partial charge in [-0.15, -0.1) is 0 Å². The first kappa shape index (κ1) is 16.2. The Labute approximate surface area is 129 Å². The molecule has 0 spiro atoms. The lowest BCUT2D eigenvalue weighted by Gasteiger charge is -2.16. The molecule has 6 heteroatoms. The standard InChI is InChI=1S/C16H21N3O3/c1-16(2,22)10-19-9-13(8-18-19)12-5-3-11(4-6-12)7-14(17)15(20)21/h3-6,8-9,14,22H,7,10,17H2,1-2H3,(H,20,21)/t14-/m0/s1. The summed E-state index contributed by atoms with van der Waals surface area (Å²) in [7, 11) is 0. The average Bonchev–Trinajstić information content (AvgIpc) is 2.85. The van der Waals surface area contributed by atoms with Crippen molar-refractivity contribution >= 4 is 5.97 Å². The normalized spacial score (nSPS) is 13.1. The Kier molecular flexibility index (Phi) is 4.63. The molecular formula is C16H21N3O3. The highest BCUT2D eigenvalue weighted by Crippen LogP contribution is 2.20. The third-order valence-corrected chi connectivity index (χ3v) is 3.24. The van der Waals surface area contributed by atoms with Crippen LogP contribution >= 0.6 is 0 Å². The van der Waals surface area contributed by atoms with Crippen LogP contribution in [0.3, 0.4) is 0 Å². The van der Waals surface area contributed by atoms with Crippen LogP contribution in [0.25, 0.3) is 11.1 Å². The molecule has 1 heterocycles. The van der Waals surface area contributed by atoms with E-state index in [-0.39, 0.29) is 0 Å². The topological polar surface area (TPSA) is 101 Å². The Morgan fingerprint density at radius 3 is 2.50 bits per heavy atom. The van der Waals surface area contributed by atoms with Gasteiger partial charge in [-0.05, 0) is 31.4 Å². The van der Waals surface area contributed by atoms with Gasteiger partial charge in [0.25, 0.3) is 0 Å². The second kappa shape index (κ2) is 6.29. The maximum absolute atomic E-state index is 10.8. The van der Waals surface area contributed by atoms with E-state index in [1.165, 1.54) is 0 Å². The average molecular weight is 303 g/mol. The van der Waals surface area contributed by atoms with Gasteiger partial charge in [0.15, 0.2) is 0 Å². The number of benzene rings is 1. The third-order valence-electron chi connectivity index (χ3n) is 3.24. The highest BCUT2D eigenvalue weighted by molar-refractivity contribution is 5.73. The number of carboxylic acid groups (broad SMARTS) is 1. The van der Waals surface area contributed by atoms with E-state index in [0.717, 1.165) is 16.7 Å². The second-order valence-corrected chi connectivity index (χ2v) is 6.08. The lowest BCUT2D eigenvalue weighted by molar-refractivity contribution is -0.138. The number of aliphatic hydroxyl groups is 1. The Hall–Kier alpha value is -2.18. The van der Waals surface area contributed by atoms with E-state index < -0.39 is 17.6 Å². The molecule has 0 amide bonds. The summed E-state index contributed by atoms with van der Waals surface area (Å²) in [6, 6.07) is 6.67. The van der Waals surface area contributed by atoms with Crippen LogP contribution in [0.1, 0.15) is 19.4 Å². The van der Waals surface area contributed by atoms with Crippen LogP contribution in [0.2, 0.25) is 0 Å². The van der Waals surface area contributed by atoms with Gasteiger partial charge in [-0.1, -0.05) is 24.3 Å². The summed E-state index contributed by atoms with van der Waals surface area (Å²) in [5, 5.41) is 22.8. The Morgan fingerprint density at radius 2 is 1.95 bits per heavy atom. The molecule has 1 aromatic carbocycles. The summed E-state index contributed by atoms with van der Waals surface area (Å²) < 4.78 is 1.70. The van der Waals surface area contributed by atoms with Gasteiger partial charge >= 0.3 is 5.97 Å². The summed E-state index contributed by atoms with van der Waals surface area (Å²) >= 11 is 0. The van der Waals surface area contributed by atoms with Crippen LogP contribution in [0, 0.1) is 0 Å². The Bertz CT molecular complexity index is 641. The van der Waals surface area contributed by atoms with E-state index in [1.54, 1.807) is 24.7 Å². The van der Waals surface area contributed by atoms with Gasteiger partial charge < -0.3 is 15.9 Å². The first-order chi connectivity index (χ1) is 10.2. The quantitative estimate of drug-likeness (QED) is 0.746. The van der Waals surface area contributed by atoms with E-state index in [4.69, 9.17) is 10.8 Å². The molecule has 0 unspecified atom stereocenters. The van der Waals surface area contributed by atoms with Crippen LogP contribution in [0.4, 0.5) is 0 Å². The molecule has 0 radical (unpaired) electrons. The predicted molar refractivity (Wildman–Crippen MR) is 83.3 cm³/mol. The zero-order valence-corrected chi connectivity index (χ0v) is 12.7. The van der Waals surface area contributed by atoms with Crippen molar-refractivity contribution in [2.45, 2.75) is 38.5 Å². The van der Waals surface area contributed by atoms with E-state index in [9.17, 15) is 9.90 Å². The summed E-state index contributed by atoms with van der Waals surface area (Å²) in [5.74, 6) is -1.00. The largest absolute Gasteiger partial charge is 0.480 e. The number of aliphatic carboxylic acids is 1. The molecule has 0 aliphatic rings. The molecule has 1 aromatic heterocycles. The monoisotopic (exact) mass is 303 g/mol. The third kappa shape index (κ3) is 4.41. The number of hydrogen-bond acceptors (Lipinski definition) is 4. The van der Waals surface area contributed by atoms with Crippen LogP contribution < -0.4 is 5.73 Å². The van der Waals surface area contributed by atoms with E-state index >= 15 is 0 Å². The fourth-order valence-electron chi connectivity index (χ4n) is 2.17. The fraction of sp³-hybridized carbons (Fsp3) is 0.375. The zero-order chi connectivity index (χ0) is 16.3. The van der Waals surface area contributed by atoms with Gasteiger partial charge in [0.2, 0.25) is 0 Å². The van der Waals surface area contributed by atoms with Crippen molar-refractivity contribution in [2.75, 3.05) is 0 Å².